The molecule has 1 atom stereocenters. The number of hydrazone groups is 1. The Labute approximate surface area is 134 Å². The molecule has 1 aromatic carbocycles. The third-order valence-electron chi connectivity index (χ3n) is 5.51. The van der Waals surface area contributed by atoms with E-state index in [0.29, 0.717) is 23.5 Å². The quantitative estimate of drug-likeness (QED) is 0.891. The van der Waals surface area contributed by atoms with Crippen molar-refractivity contribution in [3.63, 3.8) is 0 Å². The van der Waals surface area contributed by atoms with Gasteiger partial charge in [-0.25, -0.2) is 0 Å². The highest BCUT2D eigenvalue weighted by Crippen LogP contribution is 2.47. The van der Waals surface area contributed by atoms with Crippen molar-refractivity contribution in [2.24, 2.45) is 16.9 Å². The molecule has 0 saturated heterocycles. The molecule has 2 heterocycles. The Kier molecular flexibility index (Phi) is 2.74. The number of rotatable bonds is 2. The van der Waals surface area contributed by atoms with Gasteiger partial charge >= 0.3 is 0 Å². The van der Waals surface area contributed by atoms with Crippen molar-refractivity contribution in [3.8, 4) is 11.5 Å². The highest BCUT2D eigenvalue weighted by molar-refractivity contribution is 5.96. The van der Waals surface area contributed by atoms with E-state index < -0.39 is 0 Å². The molecule has 4 aliphatic rings. The number of hydrogen-bond acceptors (Lipinski definition) is 6. The summed E-state index contributed by atoms with van der Waals surface area (Å²) >= 11 is 0. The van der Waals surface area contributed by atoms with Crippen molar-refractivity contribution in [2.45, 2.75) is 37.8 Å². The summed E-state index contributed by atoms with van der Waals surface area (Å²) in [5.41, 5.74) is 4.17. The monoisotopic (exact) mass is 309 g/mol. The molecule has 2 aromatic rings. The minimum Gasteiger partial charge on any atom is -0.413 e. The zero-order valence-electron chi connectivity index (χ0n) is 12.8. The molecular formula is C17H19N5O. The van der Waals surface area contributed by atoms with Gasteiger partial charge in [-0.15, -0.1) is 10.2 Å². The Hall–Kier alpha value is -2.37. The van der Waals surface area contributed by atoms with E-state index in [-0.39, 0.29) is 5.66 Å². The number of aromatic nitrogens is 2. The maximum atomic E-state index is 5.81. The van der Waals surface area contributed by atoms with Gasteiger partial charge in [-0.1, -0.05) is 18.2 Å². The van der Waals surface area contributed by atoms with Gasteiger partial charge in [-0.2, -0.15) is 5.10 Å². The summed E-state index contributed by atoms with van der Waals surface area (Å²) in [5.74, 6) is 3.08. The maximum absolute atomic E-state index is 5.81. The van der Waals surface area contributed by atoms with Crippen molar-refractivity contribution in [1.29, 1.82) is 0 Å². The molecule has 6 rings (SSSR count). The summed E-state index contributed by atoms with van der Waals surface area (Å²) < 4.78 is 5.81. The highest BCUT2D eigenvalue weighted by Gasteiger charge is 2.50. The number of hydrogen-bond donors (Lipinski definition) is 2. The van der Waals surface area contributed by atoms with Crippen LogP contribution < -0.4 is 10.7 Å². The number of benzene rings is 1. The first-order valence-electron chi connectivity index (χ1n) is 8.35. The largest absolute Gasteiger partial charge is 0.413 e. The topological polar surface area (TPSA) is 75.3 Å². The van der Waals surface area contributed by atoms with Gasteiger partial charge in [0.15, 0.2) is 0 Å². The van der Waals surface area contributed by atoms with Crippen LogP contribution in [0.5, 0.6) is 0 Å². The molecule has 3 fully saturated rings. The van der Waals surface area contributed by atoms with Crippen LogP contribution in [0.2, 0.25) is 0 Å². The number of nitrogens with zero attached hydrogens (tertiary/aromatic N) is 3. The Morgan fingerprint density at radius 3 is 2.52 bits per heavy atom. The fraction of sp³-hybridized carbons (Fsp3) is 0.471. The van der Waals surface area contributed by atoms with Crippen LogP contribution in [0.4, 0.5) is 0 Å². The standard InChI is InChI=1S/C17H19N5O/c1-2-4-12(5-3-1)15-20-21-16(23-15)14-18-17(22-19-14)10-11-6-8-13(17)9-7-11/h1-5,11,13,22H,6-10H2,(H,18,19)/t11?,13?,17-/m0/s1. The van der Waals surface area contributed by atoms with Crippen LogP contribution in [0, 0.1) is 11.8 Å². The van der Waals surface area contributed by atoms with E-state index in [4.69, 9.17) is 4.42 Å². The lowest BCUT2D eigenvalue weighted by Crippen LogP contribution is -2.62. The van der Waals surface area contributed by atoms with E-state index in [1.54, 1.807) is 0 Å². The average Bonchev–Trinajstić information content (AvgIpc) is 3.25. The first-order valence-corrected chi connectivity index (χ1v) is 8.35. The van der Waals surface area contributed by atoms with E-state index in [9.17, 15) is 0 Å². The summed E-state index contributed by atoms with van der Waals surface area (Å²) in [6.45, 7) is 0. The van der Waals surface area contributed by atoms with Crippen LogP contribution >= 0.6 is 0 Å². The van der Waals surface area contributed by atoms with Crippen LogP contribution in [0.3, 0.4) is 0 Å². The van der Waals surface area contributed by atoms with Crippen molar-refractivity contribution >= 4 is 5.84 Å². The molecule has 1 aliphatic heterocycles. The second-order valence-electron chi connectivity index (χ2n) is 6.87. The van der Waals surface area contributed by atoms with Crippen LogP contribution in [0.25, 0.3) is 11.5 Å². The lowest BCUT2D eigenvalue weighted by Gasteiger charge is -2.49. The summed E-state index contributed by atoms with van der Waals surface area (Å²) in [5, 5.41) is 16.3. The minimum atomic E-state index is -0.0993. The third-order valence-corrected chi connectivity index (χ3v) is 5.51. The van der Waals surface area contributed by atoms with Gasteiger partial charge in [-0.3, -0.25) is 5.43 Å². The zero-order valence-corrected chi connectivity index (χ0v) is 12.8. The summed E-state index contributed by atoms with van der Waals surface area (Å²) in [6, 6.07) is 9.80. The lowest BCUT2D eigenvalue weighted by molar-refractivity contribution is 0.0393. The van der Waals surface area contributed by atoms with Gasteiger partial charge in [0.25, 0.3) is 5.89 Å². The van der Waals surface area contributed by atoms with Gasteiger partial charge in [0.1, 0.15) is 5.66 Å². The fourth-order valence-electron chi connectivity index (χ4n) is 4.31. The van der Waals surface area contributed by atoms with Gasteiger partial charge in [0.2, 0.25) is 11.7 Å². The lowest BCUT2D eigenvalue weighted by atomic mass is 9.64. The molecule has 3 aliphatic carbocycles. The van der Waals surface area contributed by atoms with Crippen molar-refractivity contribution in [1.82, 2.24) is 20.9 Å². The normalized spacial score (nSPS) is 31.7. The van der Waals surface area contributed by atoms with E-state index in [2.05, 4.69) is 26.0 Å². The molecule has 23 heavy (non-hydrogen) atoms. The first kappa shape index (κ1) is 13.1. The maximum Gasteiger partial charge on any atom is 0.285 e. The Morgan fingerprint density at radius 1 is 1.00 bits per heavy atom. The van der Waals surface area contributed by atoms with Crippen LogP contribution in [-0.2, 0) is 0 Å². The molecule has 0 unspecified atom stereocenters. The molecule has 1 spiro atoms. The molecule has 0 radical (unpaired) electrons. The summed E-state index contributed by atoms with van der Waals surface area (Å²) in [7, 11) is 0. The van der Waals surface area contributed by atoms with Crippen molar-refractivity contribution in [2.75, 3.05) is 0 Å². The predicted molar refractivity (Wildman–Crippen MR) is 85.3 cm³/mol. The van der Waals surface area contributed by atoms with Gasteiger partial charge in [-0.05, 0) is 50.2 Å². The van der Waals surface area contributed by atoms with E-state index in [1.165, 1.54) is 25.7 Å². The Bertz CT molecular complexity index is 747. The van der Waals surface area contributed by atoms with E-state index >= 15 is 0 Å². The molecule has 2 N–H and O–H groups in total. The fourth-order valence-corrected chi connectivity index (χ4v) is 4.31. The average molecular weight is 309 g/mol. The molecule has 118 valence electrons. The number of amidine groups is 1. The molecule has 1 aromatic heterocycles. The summed E-state index contributed by atoms with van der Waals surface area (Å²) in [4.78, 5) is 0. The molecule has 0 amide bonds. The van der Waals surface area contributed by atoms with Gasteiger partial charge < -0.3 is 9.73 Å². The number of fused-ring (bicyclic) bond motifs is 2. The molecule has 6 nitrogen and oxygen atoms in total. The van der Waals surface area contributed by atoms with Crippen LogP contribution in [0.1, 0.15) is 38.0 Å². The Morgan fingerprint density at radius 2 is 1.78 bits per heavy atom. The SMILES string of the molecule is c1ccc(-c2nnc(C3=NN[C@]4(CC5CCC4CC5)N3)o2)cc1. The van der Waals surface area contributed by atoms with E-state index in [1.807, 2.05) is 30.3 Å². The minimum absolute atomic E-state index is 0.0993. The van der Waals surface area contributed by atoms with Gasteiger partial charge in [0, 0.05) is 11.5 Å². The van der Waals surface area contributed by atoms with Gasteiger partial charge in [0.05, 0.1) is 0 Å². The van der Waals surface area contributed by atoms with E-state index in [0.717, 1.165) is 17.9 Å². The second-order valence-corrected chi connectivity index (χ2v) is 6.87. The molecule has 3 saturated carbocycles. The predicted octanol–water partition coefficient (Wildman–Crippen LogP) is 2.50. The van der Waals surface area contributed by atoms with Crippen molar-refractivity contribution < 1.29 is 4.42 Å². The zero-order chi connectivity index (χ0) is 15.3. The molecule has 2 bridgehead atoms. The third kappa shape index (κ3) is 2.04. The Balaban J connectivity index is 1.39. The van der Waals surface area contributed by atoms with Crippen molar-refractivity contribution in [3.05, 3.63) is 36.2 Å². The smallest absolute Gasteiger partial charge is 0.285 e. The summed E-state index contributed by atoms with van der Waals surface area (Å²) in [6.07, 6.45) is 6.37. The first-order chi connectivity index (χ1) is 11.3. The highest BCUT2D eigenvalue weighted by atomic mass is 16.4. The number of nitrogens with one attached hydrogen (secondary N) is 2. The molecule has 6 heteroatoms. The second kappa shape index (κ2) is 4.81. The van der Waals surface area contributed by atoms with Crippen LogP contribution in [0.15, 0.2) is 39.9 Å². The molecular weight excluding hydrogens is 290 g/mol. The van der Waals surface area contributed by atoms with Crippen LogP contribution in [-0.4, -0.2) is 21.7 Å².